The summed E-state index contributed by atoms with van der Waals surface area (Å²) in [6, 6.07) is 9.32. The average molecular weight is 234 g/mol. The summed E-state index contributed by atoms with van der Waals surface area (Å²) in [5.41, 5.74) is 8.85. The fraction of sp³-hybridized carbons (Fsp3) is 0.571. The molecule has 1 aliphatic heterocycles. The zero-order valence-electron chi connectivity index (χ0n) is 10.7. The van der Waals surface area contributed by atoms with E-state index in [1.165, 1.54) is 11.1 Å². The van der Waals surface area contributed by atoms with Gasteiger partial charge in [0.15, 0.2) is 0 Å². The number of ether oxygens (including phenoxy) is 1. The molecule has 0 spiro atoms. The van der Waals surface area contributed by atoms with Gasteiger partial charge in [0, 0.05) is 26.2 Å². The molecule has 0 bridgehead atoms. The first-order chi connectivity index (χ1) is 8.22. The van der Waals surface area contributed by atoms with Crippen molar-refractivity contribution in [3.05, 3.63) is 35.4 Å². The molecule has 3 heteroatoms. The van der Waals surface area contributed by atoms with Crippen molar-refractivity contribution in [3.63, 3.8) is 0 Å². The van der Waals surface area contributed by atoms with Gasteiger partial charge in [0.05, 0.1) is 12.6 Å². The van der Waals surface area contributed by atoms with Gasteiger partial charge in [-0.2, -0.15) is 0 Å². The number of nitrogens with zero attached hydrogens (tertiary/aromatic N) is 1. The van der Waals surface area contributed by atoms with Crippen molar-refractivity contribution in [3.8, 4) is 0 Å². The molecule has 0 radical (unpaired) electrons. The lowest BCUT2D eigenvalue weighted by Crippen LogP contribution is -2.33. The maximum atomic E-state index is 6.23. The van der Waals surface area contributed by atoms with E-state index < -0.39 is 0 Å². The van der Waals surface area contributed by atoms with Gasteiger partial charge in [-0.3, -0.25) is 4.90 Å². The SMILES string of the molecule is COCCN1CCC(N)C1c1ccc(C)cc1. The smallest absolute Gasteiger partial charge is 0.0589 e. The lowest BCUT2D eigenvalue weighted by Gasteiger charge is -2.27. The van der Waals surface area contributed by atoms with Crippen LogP contribution in [0.1, 0.15) is 23.6 Å². The molecule has 2 unspecified atom stereocenters. The molecule has 2 atom stereocenters. The Morgan fingerprint density at radius 1 is 1.35 bits per heavy atom. The summed E-state index contributed by atoms with van der Waals surface area (Å²) in [6.45, 7) is 4.92. The number of methoxy groups -OCH3 is 1. The highest BCUT2D eigenvalue weighted by atomic mass is 16.5. The van der Waals surface area contributed by atoms with Gasteiger partial charge in [-0.15, -0.1) is 0 Å². The van der Waals surface area contributed by atoms with E-state index in [0.29, 0.717) is 6.04 Å². The second-order valence-corrected chi connectivity index (χ2v) is 4.84. The van der Waals surface area contributed by atoms with Gasteiger partial charge in [-0.25, -0.2) is 0 Å². The number of likely N-dealkylation sites (tertiary alicyclic amines) is 1. The van der Waals surface area contributed by atoms with Crippen molar-refractivity contribution in [2.24, 2.45) is 5.73 Å². The molecule has 0 aliphatic carbocycles. The lowest BCUT2D eigenvalue weighted by atomic mass is 10.00. The minimum atomic E-state index is 0.245. The van der Waals surface area contributed by atoms with Crippen LogP contribution in [0.15, 0.2) is 24.3 Å². The summed E-state index contributed by atoms with van der Waals surface area (Å²) in [7, 11) is 1.75. The first-order valence-electron chi connectivity index (χ1n) is 6.27. The summed E-state index contributed by atoms with van der Waals surface area (Å²) in [4.78, 5) is 2.43. The average Bonchev–Trinajstić information content (AvgIpc) is 2.69. The molecular weight excluding hydrogens is 212 g/mol. The van der Waals surface area contributed by atoms with Crippen LogP contribution in [0.2, 0.25) is 0 Å². The van der Waals surface area contributed by atoms with Crippen LogP contribution >= 0.6 is 0 Å². The van der Waals surface area contributed by atoms with E-state index in [9.17, 15) is 0 Å². The third kappa shape index (κ3) is 2.86. The first kappa shape index (κ1) is 12.6. The van der Waals surface area contributed by atoms with Gasteiger partial charge in [0.1, 0.15) is 0 Å². The Morgan fingerprint density at radius 3 is 2.71 bits per heavy atom. The molecule has 0 amide bonds. The predicted octanol–water partition coefficient (Wildman–Crippen LogP) is 1.72. The van der Waals surface area contributed by atoms with Gasteiger partial charge in [0.2, 0.25) is 0 Å². The molecule has 1 heterocycles. The zero-order chi connectivity index (χ0) is 12.3. The van der Waals surface area contributed by atoms with Crippen LogP contribution in [0.25, 0.3) is 0 Å². The molecule has 2 N–H and O–H groups in total. The normalized spacial score (nSPS) is 25.4. The number of benzene rings is 1. The number of nitrogens with two attached hydrogens (primary N) is 1. The fourth-order valence-electron chi connectivity index (χ4n) is 2.56. The quantitative estimate of drug-likeness (QED) is 0.862. The van der Waals surface area contributed by atoms with E-state index >= 15 is 0 Å². The van der Waals surface area contributed by atoms with E-state index in [1.807, 2.05) is 0 Å². The van der Waals surface area contributed by atoms with Gasteiger partial charge in [-0.05, 0) is 18.9 Å². The Kier molecular flexibility index (Phi) is 4.15. The Hall–Kier alpha value is -0.900. The maximum absolute atomic E-state index is 6.23. The van der Waals surface area contributed by atoms with Crippen LogP contribution < -0.4 is 5.73 Å². The standard InChI is InChI=1S/C14H22N2O/c1-11-3-5-12(6-4-11)14-13(15)7-8-16(14)9-10-17-2/h3-6,13-14H,7-10,15H2,1-2H3. The summed E-state index contributed by atoms with van der Waals surface area (Å²) in [5.74, 6) is 0. The zero-order valence-corrected chi connectivity index (χ0v) is 10.7. The summed E-state index contributed by atoms with van der Waals surface area (Å²) < 4.78 is 5.16. The maximum Gasteiger partial charge on any atom is 0.0589 e. The predicted molar refractivity (Wildman–Crippen MR) is 70.0 cm³/mol. The molecule has 3 nitrogen and oxygen atoms in total. The van der Waals surface area contributed by atoms with Crippen molar-refractivity contribution in [1.29, 1.82) is 0 Å². The summed E-state index contributed by atoms with van der Waals surface area (Å²) in [5, 5.41) is 0. The molecule has 2 rings (SSSR count). The third-order valence-corrected chi connectivity index (χ3v) is 3.55. The first-order valence-corrected chi connectivity index (χ1v) is 6.27. The van der Waals surface area contributed by atoms with Crippen molar-refractivity contribution >= 4 is 0 Å². The topological polar surface area (TPSA) is 38.5 Å². The second kappa shape index (κ2) is 5.63. The van der Waals surface area contributed by atoms with Gasteiger partial charge in [-0.1, -0.05) is 29.8 Å². The molecule has 1 saturated heterocycles. The van der Waals surface area contributed by atoms with Crippen molar-refractivity contribution in [2.45, 2.75) is 25.4 Å². The molecule has 94 valence electrons. The molecule has 0 aromatic heterocycles. The highest BCUT2D eigenvalue weighted by molar-refractivity contribution is 5.26. The highest BCUT2D eigenvalue weighted by Gasteiger charge is 2.32. The minimum absolute atomic E-state index is 0.245. The summed E-state index contributed by atoms with van der Waals surface area (Å²) >= 11 is 0. The van der Waals surface area contributed by atoms with Crippen LogP contribution in [0.5, 0.6) is 0 Å². The van der Waals surface area contributed by atoms with Crippen LogP contribution in [-0.2, 0) is 4.74 Å². The molecule has 1 aromatic rings. The second-order valence-electron chi connectivity index (χ2n) is 4.84. The number of aryl methyl sites for hydroxylation is 1. The number of rotatable bonds is 4. The molecule has 1 aromatic carbocycles. The van der Waals surface area contributed by atoms with E-state index in [1.54, 1.807) is 7.11 Å². The fourth-order valence-corrected chi connectivity index (χ4v) is 2.56. The minimum Gasteiger partial charge on any atom is -0.383 e. The van der Waals surface area contributed by atoms with E-state index in [4.69, 9.17) is 10.5 Å². The number of hydrogen-bond acceptors (Lipinski definition) is 3. The van der Waals surface area contributed by atoms with Crippen molar-refractivity contribution in [1.82, 2.24) is 4.90 Å². The van der Waals surface area contributed by atoms with Gasteiger partial charge >= 0.3 is 0 Å². The Morgan fingerprint density at radius 2 is 2.06 bits per heavy atom. The van der Waals surface area contributed by atoms with Gasteiger partial charge < -0.3 is 10.5 Å². The van der Waals surface area contributed by atoms with Gasteiger partial charge in [0.25, 0.3) is 0 Å². The molecule has 1 aliphatic rings. The molecular formula is C14H22N2O. The van der Waals surface area contributed by atoms with Crippen molar-refractivity contribution in [2.75, 3.05) is 26.8 Å². The van der Waals surface area contributed by atoms with Crippen LogP contribution in [-0.4, -0.2) is 37.7 Å². The molecule has 17 heavy (non-hydrogen) atoms. The van der Waals surface area contributed by atoms with Crippen molar-refractivity contribution < 1.29 is 4.74 Å². The molecule has 1 fully saturated rings. The molecule has 0 saturated carbocycles. The number of hydrogen-bond donors (Lipinski definition) is 1. The monoisotopic (exact) mass is 234 g/mol. The van der Waals surface area contributed by atoms with E-state index in [2.05, 4.69) is 36.1 Å². The van der Waals surface area contributed by atoms with E-state index in [-0.39, 0.29) is 6.04 Å². The Labute approximate surface area is 104 Å². The highest BCUT2D eigenvalue weighted by Crippen LogP contribution is 2.30. The Bertz CT molecular complexity index is 350. The Balaban J connectivity index is 2.12. The van der Waals surface area contributed by atoms with Crippen LogP contribution in [0.3, 0.4) is 0 Å². The van der Waals surface area contributed by atoms with Crippen LogP contribution in [0.4, 0.5) is 0 Å². The van der Waals surface area contributed by atoms with Crippen LogP contribution in [0, 0.1) is 6.92 Å². The lowest BCUT2D eigenvalue weighted by molar-refractivity contribution is 0.139. The summed E-state index contributed by atoms with van der Waals surface area (Å²) in [6.07, 6.45) is 1.07. The largest absolute Gasteiger partial charge is 0.383 e. The third-order valence-electron chi connectivity index (χ3n) is 3.55. The van der Waals surface area contributed by atoms with E-state index in [0.717, 1.165) is 26.1 Å².